The number of carbonyl (C=O) groups is 1. The lowest BCUT2D eigenvalue weighted by Crippen LogP contribution is -2.41. The van der Waals surface area contributed by atoms with Gasteiger partial charge in [-0.05, 0) is 35.6 Å². The Hall–Kier alpha value is -0.870. The zero-order valence-corrected chi connectivity index (χ0v) is 15.4. The number of hydrogen-bond acceptors (Lipinski definition) is 5. The van der Waals surface area contributed by atoms with Crippen molar-refractivity contribution >= 4 is 61.1 Å². The van der Waals surface area contributed by atoms with Crippen molar-refractivity contribution in [3.8, 4) is 0 Å². The van der Waals surface area contributed by atoms with Gasteiger partial charge in [0.15, 0.2) is 15.6 Å². The number of anilines is 1. The van der Waals surface area contributed by atoms with Crippen LogP contribution in [-0.4, -0.2) is 48.2 Å². The van der Waals surface area contributed by atoms with E-state index < -0.39 is 9.84 Å². The van der Waals surface area contributed by atoms with Gasteiger partial charge < -0.3 is 4.90 Å². The van der Waals surface area contributed by atoms with Crippen LogP contribution in [-0.2, 0) is 9.84 Å². The molecule has 2 aromatic rings. The number of imidazole rings is 1. The molecule has 0 spiro atoms. The molecule has 3 rings (SSSR count). The van der Waals surface area contributed by atoms with E-state index in [1.54, 1.807) is 16.8 Å². The fraction of sp³-hybridized carbons (Fsp3) is 0.385. The molecule has 0 unspecified atom stereocenters. The Morgan fingerprint density at radius 1 is 1.36 bits per heavy atom. The Labute approximate surface area is 146 Å². The van der Waals surface area contributed by atoms with E-state index in [2.05, 4.69) is 27.6 Å². The molecule has 0 amide bonds. The summed E-state index contributed by atoms with van der Waals surface area (Å²) in [5.74, 6) is 0.716. The summed E-state index contributed by atoms with van der Waals surface area (Å²) in [6.45, 7) is 2.19. The third-order valence-corrected chi connectivity index (χ3v) is 6.40. The van der Waals surface area contributed by atoms with Crippen LogP contribution >= 0.6 is 34.2 Å². The minimum atomic E-state index is -2.99. The van der Waals surface area contributed by atoms with Gasteiger partial charge in [0.1, 0.15) is 15.8 Å². The molecular formula is C13H13ClIN3O3S. The summed E-state index contributed by atoms with van der Waals surface area (Å²) in [5, 5.41) is 0.459. The van der Waals surface area contributed by atoms with E-state index in [1.165, 1.54) is 6.92 Å². The van der Waals surface area contributed by atoms with Crippen molar-refractivity contribution in [2.24, 2.45) is 0 Å². The number of fused-ring (bicyclic) bond motifs is 1. The zero-order chi connectivity index (χ0) is 16.1. The maximum Gasteiger partial charge on any atom is 0.163 e. The monoisotopic (exact) mass is 453 g/mol. The summed E-state index contributed by atoms with van der Waals surface area (Å²) in [4.78, 5) is 18.2. The number of rotatable bonds is 2. The molecule has 0 aliphatic carbocycles. The van der Waals surface area contributed by atoms with Crippen molar-refractivity contribution in [1.29, 1.82) is 0 Å². The number of hydrogen-bond donors (Lipinski definition) is 0. The van der Waals surface area contributed by atoms with Gasteiger partial charge in [-0.3, -0.25) is 9.20 Å². The highest BCUT2D eigenvalue weighted by atomic mass is 127. The molecule has 1 fully saturated rings. The average Bonchev–Trinajstić information content (AvgIpc) is 2.82. The molecule has 0 atom stereocenters. The van der Waals surface area contributed by atoms with Crippen LogP contribution in [0, 0.1) is 3.70 Å². The molecule has 6 nitrogen and oxygen atoms in total. The van der Waals surface area contributed by atoms with Crippen LogP contribution in [0.5, 0.6) is 0 Å². The Morgan fingerprint density at radius 3 is 2.59 bits per heavy atom. The minimum absolute atomic E-state index is 0.0836. The van der Waals surface area contributed by atoms with Crippen LogP contribution in [0.2, 0.25) is 5.02 Å². The number of ketones is 1. The van der Waals surface area contributed by atoms with Crippen molar-refractivity contribution in [1.82, 2.24) is 9.38 Å². The van der Waals surface area contributed by atoms with Crippen LogP contribution in [0.4, 0.5) is 5.82 Å². The number of carbonyl (C=O) groups excluding carboxylic acids is 1. The SMILES string of the molecule is CC(=O)c1cc(Cl)c2c(I)ncn2c1N1CCS(=O)(=O)CC1. The smallest absolute Gasteiger partial charge is 0.163 e. The third-order valence-electron chi connectivity index (χ3n) is 3.71. The van der Waals surface area contributed by atoms with Crippen molar-refractivity contribution < 1.29 is 13.2 Å². The largest absolute Gasteiger partial charge is 0.355 e. The number of aromatic nitrogens is 2. The van der Waals surface area contributed by atoms with Crippen LogP contribution in [0.1, 0.15) is 17.3 Å². The maximum atomic E-state index is 12.0. The lowest BCUT2D eigenvalue weighted by atomic mass is 10.1. The second kappa shape index (κ2) is 5.64. The highest BCUT2D eigenvalue weighted by Gasteiger charge is 2.27. The van der Waals surface area contributed by atoms with E-state index in [0.717, 1.165) is 9.22 Å². The van der Waals surface area contributed by atoms with E-state index in [1.807, 2.05) is 4.90 Å². The summed E-state index contributed by atoms with van der Waals surface area (Å²) < 4.78 is 25.8. The second-order valence-electron chi connectivity index (χ2n) is 5.18. The number of sulfone groups is 1. The van der Waals surface area contributed by atoms with Crippen LogP contribution < -0.4 is 4.90 Å². The first-order valence-electron chi connectivity index (χ1n) is 6.61. The molecule has 9 heteroatoms. The summed E-state index contributed by atoms with van der Waals surface area (Å²) in [5.41, 5.74) is 1.21. The van der Waals surface area contributed by atoms with Gasteiger partial charge in [-0.1, -0.05) is 11.6 Å². The van der Waals surface area contributed by atoms with Gasteiger partial charge in [-0.2, -0.15) is 0 Å². The molecule has 22 heavy (non-hydrogen) atoms. The normalized spacial score (nSPS) is 17.9. The predicted molar refractivity (Wildman–Crippen MR) is 93.8 cm³/mol. The van der Waals surface area contributed by atoms with Gasteiger partial charge in [0.05, 0.1) is 27.6 Å². The van der Waals surface area contributed by atoms with E-state index in [4.69, 9.17) is 11.6 Å². The Bertz CT molecular complexity index is 864. The first-order chi connectivity index (χ1) is 10.3. The van der Waals surface area contributed by atoms with Gasteiger partial charge in [-0.25, -0.2) is 13.4 Å². The van der Waals surface area contributed by atoms with E-state index in [-0.39, 0.29) is 17.3 Å². The highest BCUT2D eigenvalue weighted by molar-refractivity contribution is 14.1. The number of halogens is 2. The van der Waals surface area contributed by atoms with Crippen molar-refractivity contribution in [3.05, 3.63) is 26.7 Å². The first-order valence-corrected chi connectivity index (χ1v) is 9.89. The Balaban J connectivity index is 2.21. The standard InChI is InChI=1S/C13H13ClIN3O3S/c1-8(19)9-6-10(14)11-12(15)16-7-18(11)13(9)17-2-4-22(20,21)5-3-17/h6-7H,2-5H2,1H3. The minimum Gasteiger partial charge on any atom is -0.355 e. The number of pyridine rings is 1. The fourth-order valence-corrected chi connectivity index (χ4v) is 4.92. The Kier molecular flexibility index (Phi) is 4.11. The van der Waals surface area contributed by atoms with Crippen LogP contribution in [0.15, 0.2) is 12.4 Å². The van der Waals surface area contributed by atoms with Crippen molar-refractivity contribution in [3.63, 3.8) is 0 Å². The summed E-state index contributed by atoms with van der Waals surface area (Å²) in [6, 6.07) is 1.64. The molecule has 118 valence electrons. The molecule has 0 saturated carbocycles. The predicted octanol–water partition coefficient (Wildman–Crippen LogP) is 2.03. The van der Waals surface area contributed by atoms with Crippen molar-refractivity contribution in [2.45, 2.75) is 6.92 Å². The summed E-state index contributed by atoms with van der Waals surface area (Å²) >= 11 is 8.36. The number of Topliss-reactive ketones (excluding diaryl/α,β-unsaturated/α-hetero) is 1. The lowest BCUT2D eigenvalue weighted by Gasteiger charge is -2.30. The summed E-state index contributed by atoms with van der Waals surface area (Å²) in [6.07, 6.45) is 1.62. The molecule has 0 aromatic carbocycles. The van der Waals surface area contributed by atoms with Gasteiger partial charge in [-0.15, -0.1) is 0 Å². The molecule has 2 aromatic heterocycles. The quantitative estimate of drug-likeness (QED) is 0.514. The first kappa shape index (κ1) is 16.0. The molecule has 0 bridgehead atoms. The molecular weight excluding hydrogens is 441 g/mol. The number of nitrogens with zero attached hydrogens (tertiary/aromatic N) is 3. The molecule has 0 N–H and O–H groups in total. The van der Waals surface area contributed by atoms with Gasteiger partial charge >= 0.3 is 0 Å². The van der Waals surface area contributed by atoms with Crippen molar-refractivity contribution in [2.75, 3.05) is 29.5 Å². The lowest BCUT2D eigenvalue weighted by molar-refractivity contribution is 0.101. The molecule has 0 radical (unpaired) electrons. The van der Waals surface area contributed by atoms with E-state index in [9.17, 15) is 13.2 Å². The Morgan fingerprint density at radius 2 is 2.00 bits per heavy atom. The van der Waals surface area contributed by atoms with E-state index >= 15 is 0 Å². The summed E-state index contributed by atoms with van der Waals surface area (Å²) in [7, 11) is -2.99. The van der Waals surface area contributed by atoms with Gasteiger partial charge in [0.25, 0.3) is 0 Å². The molecule has 3 heterocycles. The second-order valence-corrected chi connectivity index (χ2v) is 8.91. The molecule has 1 aliphatic rings. The van der Waals surface area contributed by atoms with Crippen LogP contribution in [0.3, 0.4) is 0 Å². The van der Waals surface area contributed by atoms with E-state index in [0.29, 0.717) is 29.5 Å². The van der Waals surface area contributed by atoms with Crippen LogP contribution in [0.25, 0.3) is 5.52 Å². The highest BCUT2D eigenvalue weighted by Crippen LogP contribution is 2.32. The average molecular weight is 454 g/mol. The topological polar surface area (TPSA) is 71.8 Å². The van der Waals surface area contributed by atoms with Gasteiger partial charge in [0, 0.05) is 13.1 Å². The fourth-order valence-electron chi connectivity index (χ4n) is 2.60. The molecule has 1 saturated heterocycles. The third kappa shape index (κ3) is 2.71. The molecule has 1 aliphatic heterocycles. The van der Waals surface area contributed by atoms with Gasteiger partial charge in [0.2, 0.25) is 0 Å². The maximum absolute atomic E-state index is 12.0. The zero-order valence-electron chi connectivity index (χ0n) is 11.7.